The summed E-state index contributed by atoms with van der Waals surface area (Å²) in [6.07, 6.45) is 1.98. The molecule has 2 aromatic rings. The first-order valence-electron chi connectivity index (χ1n) is 8.14. The Morgan fingerprint density at radius 2 is 2.08 bits per heavy atom. The monoisotopic (exact) mass is 364 g/mol. The van der Waals surface area contributed by atoms with E-state index < -0.39 is 22.4 Å². The molecule has 1 atom stereocenters. The van der Waals surface area contributed by atoms with Crippen molar-refractivity contribution < 1.29 is 22.7 Å². The maximum atomic E-state index is 12.4. The summed E-state index contributed by atoms with van der Waals surface area (Å²) in [6, 6.07) is 6.97. The Bertz CT molecular complexity index is 903. The number of fused-ring (bicyclic) bond motifs is 1. The highest BCUT2D eigenvalue weighted by Gasteiger charge is 2.34. The van der Waals surface area contributed by atoms with Gasteiger partial charge in [0, 0.05) is 29.7 Å². The molecule has 1 amide bonds. The lowest BCUT2D eigenvalue weighted by Crippen LogP contribution is -2.43. The maximum absolute atomic E-state index is 12.4. The average molecular weight is 364 g/mol. The lowest BCUT2D eigenvalue weighted by atomic mass is 10.2. The Morgan fingerprint density at radius 1 is 1.32 bits per heavy atom. The van der Waals surface area contributed by atoms with Crippen molar-refractivity contribution in [1.29, 1.82) is 0 Å². The van der Waals surface area contributed by atoms with Crippen molar-refractivity contribution in [1.82, 2.24) is 9.88 Å². The van der Waals surface area contributed by atoms with Gasteiger partial charge in [0.2, 0.25) is 0 Å². The summed E-state index contributed by atoms with van der Waals surface area (Å²) in [6.45, 7) is 1.76. The number of para-hydroxylation sites is 1. The number of likely N-dealkylation sites (N-methyl/N-ethyl adjacent to an activating group) is 1. The van der Waals surface area contributed by atoms with E-state index in [1.54, 1.807) is 19.2 Å². The van der Waals surface area contributed by atoms with Gasteiger partial charge < -0.3 is 14.6 Å². The molecule has 1 aliphatic heterocycles. The molecule has 0 spiro atoms. The number of H-pyrrole nitrogens is 1. The van der Waals surface area contributed by atoms with E-state index in [1.807, 2.05) is 18.2 Å². The number of benzene rings is 1. The molecular weight excluding hydrogens is 344 g/mol. The first kappa shape index (κ1) is 17.5. The first-order valence-corrected chi connectivity index (χ1v) is 9.96. The second-order valence-corrected chi connectivity index (χ2v) is 8.29. The van der Waals surface area contributed by atoms with Gasteiger partial charge in [-0.25, -0.2) is 13.2 Å². The zero-order valence-electron chi connectivity index (χ0n) is 13.9. The van der Waals surface area contributed by atoms with Gasteiger partial charge in [0.05, 0.1) is 17.1 Å². The predicted octanol–water partition coefficient (Wildman–Crippen LogP) is 1.36. The van der Waals surface area contributed by atoms with Crippen LogP contribution < -0.4 is 0 Å². The lowest BCUT2D eigenvalue weighted by molar-refractivity contribution is -0.136. The number of carbonyl (C=O) groups excluding carboxylic acids is 2. The van der Waals surface area contributed by atoms with Gasteiger partial charge in [0.25, 0.3) is 5.91 Å². The molecule has 1 aromatic heterocycles. The average Bonchev–Trinajstić information content (AvgIpc) is 3.16. The summed E-state index contributed by atoms with van der Waals surface area (Å²) in [5, 5.41) is 0.731. The Balaban J connectivity index is 1.64. The molecule has 1 fully saturated rings. The van der Waals surface area contributed by atoms with E-state index >= 15 is 0 Å². The number of esters is 1. The molecule has 7 nitrogen and oxygen atoms in total. The van der Waals surface area contributed by atoms with Gasteiger partial charge >= 0.3 is 5.97 Å². The third kappa shape index (κ3) is 3.68. The van der Waals surface area contributed by atoms with Gasteiger partial charge in [-0.3, -0.25) is 4.79 Å². The molecule has 0 bridgehead atoms. The van der Waals surface area contributed by atoms with Crippen molar-refractivity contribution in [3.63, 3.8) is 0 Å². The lowest BCUT2D eigenvalue weighted by Gasteiger charge is -2.26. The Labute approximate surface area is 145 Å². The van der Waals surface area contributed by atoms with Gasteiger partial charge in [-0.1, -0.05) is 18.2 Å². The van der Waals surface area contributed by atoms with Crippen molar-refractivity contribution in [3.05, 3.63) is 36.0 Å². The molecule has 0 aliphatic carbocycles. The number of hydrogen-bond donors (Lipinski definition) is 1. The summed E-state index contributed by atoms with van der Waals surface area (Å²) < 4.78 is 28.4. The highest BCUT2D eigenvalue weighted by Crippen LogP contribution is 2.20. The minimum atomic E-state index is -3.08. The highest BCUT2D eigenvalue weighted by molar-refractivity contribution is 7.91. The van der Waals surface area contributed by atoms with Crippen molar-refractivity contribution >= 4 is 32.6 Å². The number of amides is 1. The first-order chi connectivity index (χ1) is 11.9. The number of nitrogens with zero attached hydrogens (tertiary/aromatic N) is 1. The van der Waals surface area contributed by atoms with Crippen LogP contribution in [0.2, 0.25) is 0 Å². The second kappa shape index (κ2) is 6.87. The molecular formula is C17H20N2O5S. The van der Waals surface area contributed by atoms with Crippen LogP contribution in [-0.2, 0) is 19.4 Å². The number of aromatic amines is 1. The molecule has 25 heavy (non-hydrogen) atoms. The molecule has 1 aliphatic rings. The van der Waals surface area contributed by atoms with Crippen LogP contribution in [0.5, 0.6) is 0 Å². The number of rotatable bonds is 5. The van der Waals surface area contributed by atoms with E-state index in [4.69, 9.17) is 4.74 Å². The van der Waals surface area contributed by atoms with E-state index in [-0.39, 0.29) is 23.5 Å². The smallest absolute Gasteiger partial charge is 0.340 e. The third-order valence-electron chi connectivity index (χ3n) is 4.45. The number of sulfone groups is 1. The quantitative estimate of drug-likeness (QED) is 0.808. The second-order valence-electron chi connectivity index (χ2n) is 6.06. The van der Waals surface area contributed by atoms with Crippen molar-refractivity contribution in [2.45, 2.75) is 19.4 Å². The zero-order valence-corrected chi connectivity index (χ0v) is 14.7. The SMILES string of the molecule is CCN(C(=O)COC(=O)c1c[nH]c2ccccc12)[C@@H]1CCS(=O)(=O)C1. The fourth-order valence-electron chi connectivity index (χ4n) is 3.19. The minimum Gasteiger partial charge on any atom is -0.452 e. The van der Waals surface area contributed by atoms with Gasteiger partial charge in [0.15, 0.2) is 16.4 Å². The number of carbonyl (C=O) groups is 2. The highest BCUT2D eigenvalue weighted by atomic mass is 32.2. The summed E-state index contributed by atoms with van der Waals surface area (Å²) in [7, 11) is -3.08. The summed E-state index contributed by atoms with van der Waals surface area (Å²) in [4.78, 5) is 29.1. The van der Waals surface area contributed by atoms with E-state index in [2.05, 4.69) is 4.98 Å². The number of nitrogens with one attached hydrogen (secondary N) is 1. The largest absolute Gasteiger partial charge is 0.452 e. The van der Waals surface area contributed by atoms with E-state index in [9.17, 15) is 18.0 Å². The Hall–Kier alpha value is -2.35. The standard InChI is InChI=1S/C17H20N2O5S/c1-2-19(12-7-8-25(22,23)11-12)16(20)10-24-17(21)14-9-18-15-6-4-3-5-13(14)15/h3-6,9,12,18H,2,7-8,10-11H2,1H3/t12-/m1/s1. The van der Waals surface area contributed by atoms with Crippen LogP contribution in [0, 0.1) is 0 Å². The van der Waals surface area contributed by atoms with Crippen LogP contribution in [0.25, 0.3) is 10.9 Å². The molecule has 1 saturated heterocycles. The maximum Gasteiger partial charge on any atom is 0.340 e. The number of aromatic nitrogens is 1. The van der Waals surface area contributed by atoms with Crippen LogP contribution >= 0.6 is 0 Å². The molecule has 0 saturated carbocycles. The predicted molar refractivity (Wildman–Crippen MR) is 93.0 cm³/mol. The molecule has 0 unspecified atom stereocenters. The van der Waals surface area contributed by atoms with Crippen molar-refractivity contribution in [3.8, 4) is 0 Å². The van der Waals surface area contributed by atoms with Gasteiger partial charge in [-0.05, 0) is 19.4 Å². The fraction of sp³-hybridized carbons (Fsp3) is 0.412. The topological polar surface area (TPSA) is 96.5 Å². The van der Waals surface area contributed by atoms with Crippen LogP contribution in [0.1, 0.15) is 23.7 Å². The number of ether oxygens (including phenoxy) is 1. The van der Waals surface area contributed by atoms with Gasteiger partial charge in [0.1, 0.15) is 0 Å². The Morgan fingerprint density at radius 3 is 2.76 bits per heavy atom. The zero-order chi connectivity index (χ0) is 18.0. The van der Waals surface area contributed by atoms with Gasteiger partial charge in [-0.15, -0.1) is 0 Å². The number of hydrogen-bond acceptors (Lipinski definition) is 5. The molecule has 8 heteroatoms. The van der Waals surface area contributed by atoms with Crippen LogP contribution in [0.15, 0.2) is 30.5 Å². The molecule has 134 valence electrons. The summed E-state index contributed by atoms with van der Waals surface area (Å²) in [5.41, 5.74) is 1.18. The van der Waals surface area contributed by atoms with Crippen LogP contribution in [0.4, 0.5) is 0 Å². The molecule has 1 aromatic carbocycles. The van der Waals surface area contributed by atoms with E-state index in [1.165, 1.54) is 4.90 Å². The fourth-order valence-corrected chi connectivity index (χ4v) is 4.92. The molecule has 2 heterocycles. The summed E-state index contributed by atoms with van der Waals surface area (Å²) in [5.74, 6) is -0.891. The normalized spacial score (nSPS) is 19.0. The van der Waals surface area contributed by atoms with Gasteiger partial charge in [-0.2, -0.15) is 0 Å². The van der Waals surface area contributed by atoms with Crippen molar-refractivity contribution in [2.75, 3.05) is 24.7 Å². The van der Waals surface area contributed by atoms with Crippen molar-refractivity contribution in [2.24, 2.45) is 0 Å². The van der Waals surface area contributed by atoms with E-state index in [0.29, 0.717) is 18.5 Å². The molecule has 1 N–H and O–H groups in total. The molecule has 0 radical (unpaired) electrons. The van der Waals surface area contributed by atoms with Crippen LogP contribution in [0.3, 0.4) is 0 Å². The molecule has 3 rings (SSSR count). The third-order valence-corrected chi connectivity index (χ3v) is 6.20. The van der Waals surface area contributed by atoms with Crippen LogP contribution in [-0.4, -0.2) is 60.9 Å². The Kier molecular flexibility index (Phi) is 4.80. The van der Waals surface area contributed by atoms with E-state index in [0.717, 1.165) is 10.9 Å². The minimum absolute atomic E-state index is 0.0248. The summed E-state index contributed by atoms with van der Waals surface area (Å²) >= 11 is 0.